The fourth-order valence-electron chi connectivity index (χ4n) is 2.66. The summed E-state index contributed by atoms with van der Waals surface area (Å²) in [5.74, 6) is 0.00516. The molecule has 0 fully saturated rings. The van der Waals surface area contributed by atoms with Gasteiger partial charge >= 0.3 is 0 Å². The van der Waals surface area contributed by atoms with Crippen molar-refractivity contribution in [1.82, 2.24) is 0 Å². The third kappa shape index (κ3) is 2.16. The lowest BCUT2D eigenvalue weighted by atomic mass is 10.0. The van der Waals surface area contributed by atoms with E-state index in [1.165, 1.54) is 5.56 Å². The Kier molecular flexibility index (Phi) is 2.97. The number of hydrogen-bond acceptors (Lipinski definition) is 2. The molecule has 1 aliphatic heterocycles. The second-order valence-corrected chi connectivity index (χ2v) is 5.48. The highest BCUT2D eigenvalue weighted by molar-refractivity contribution is 6.04. The monoisotopic (exact) mass is 266 g/mol. The SMILES string of the molecule is Cc1ccc(NC2C(=O)Nc3ccc(C)cc32)c(C)c1. The molecule has 0 aliphatic carbocycles. The fourth-order valence-corrected chi connectivity index (χ4v) is 2.66. The summed E-state index contributed by atoms with van der Waals surface area (Å²) in [7, 11) is 0. The molecule has 1 heterocycles. The van der Waals surface area contributed by atoms with Gasteiger partial charge in [0, 0.05) is 16.9 Å². The maximum Gasteiger partial charge on any atom is 0.251 e. The predicted octanol–water partition coefficient (Wildman–Crippen LogP) is 3.72. The molecule has 2 aromatic rings. The smallest absolute Gasteiger partial charge is 0.251 e. The Balaban J connectivity index is 1.95. The molecule has 0 saturated carbocycles. The number of carbonyl (C=O) groups excluding carboxylic acids is 1. The van der Waals surface area contributed by atoms with E-state index in [0.717, 1.165) is 28.1 Å². The first-order valence-corrected chi connectivity index (χ1v) is 6.80. The topological polar surface area (TPSA) is 41.1 Å². The van der Waals surface area contributed by atoms with Gasteiger partial charge in [-0.3, -0.25) is 4.79 Å². The molecule has 0 aromatic heterocycles. The number of anilines is 2. The van der Waals surface area contributed by atoms with E-state index in [9.17, 15) is 4.79 Å². The number of carbonyl (C=O) groups is 1. The fraction of sp³-hybridized carbons (Fsp3) is 0.235. The van der Waals surface area contributed by atoms with Crippen LogP contribution in [0.25, 0.3) is 0 Å². The van der Waals surface area contributed by atoms with Crippen LogP contribution in [0.2, 0.25) is 0 Å². The third-order valence-corrected chi connectivity index (χ3v) is 3.72. The molecule has 1 unspecified atom stereocenters. The lowest BCUT2D eigenvalue weighted by Gasteiger charge is -2.16. The van der Waals surface area contributed by atoms with Gasteiger partial charge in [-0.2, -0.15) is 0 Å². The standard InChI is InChI=1S/C17H18N2O/c1-10-4-6-14(12(3)8-10)18-16-13-9-11(2)5-7-15(13)19-17(16)20/h4-9,16,18H,1-3H3,(H,19,20). The summed E-state index contributed by atoms with van der Waals surface area (Å²) in [6, 6.07) is 11.9. The van der Waals surface area contributed by atoms with Gasteiger partial charge < -0.3 is 10.6 Å². The first-order chi connectivity index (χ1) is 9.54. The van der Waals surface area contributed by atoms with E-state index in [1.807, 2.05) is 25.1 Å². The summed E-state index contributed by atoms with van der Waals surface area (Å²) in [5, 5.41) is 6.28. The van der Waals surface area contributed by atoms with Crippen LogP contribution >= 0.6 is 0 Å². The van der Waals surface area contributed by atoms with E-state index in [4.69, 9.17) is 0 Å². The Morgan fingerprint density at radius 2 is 1.70 bits per heavy atom. The molecule has 3 rings (SSSR count). The van der Waals surface area contributed by atoms with Crippen molar-refractivity contribution in [3.05, 3.63) is 58.7 Å². The quantitative estimate of drug-likeness (QED) is 0.869. The number of benzene rings is 2. The van der Waals surface area contributed by atoms with Crippen LogP contribution in [0.4, 0.5) is 11.4 Å². The zero-order valence-corrected chi connectivity index (χ0v) is 11.9. The van der Waals surface area contributed by atoms with Crippen molar-refractivity contribution < 1.29 is 4.79 Å². The average molecular weight is 266 g/mol. The van der Waals surface area contributed by atoms with Gasteiger partial charge in [-0.1, -0.05) is 35.4 Å². The predicted molar refractivity (Wildman–Crippen MR) is 82.1 cm³/mol. The molecule has 20 heavy (non-hydrogen) atoms. The minimum absolute atomic E-state index is 0.00516. The maximum absolute atomic E-state index is 12.2. The van der Waals surface area contributed by atoms with Crippen LogP contribution in [0.5, 0.6) is 0 Å². The molecular weight excluding hydrogens is 248 g/mol. The molecule has 3 nitrogen and oxygen atoms in total. The molecule has 1 aliphatic rings. The first-order valence-electron chi connectivity index (χ1n) is 6.80. The second-order valence-electron chi connectivity index (χ2n) is 5.48. The number of rotatable bonds is 2. The number of aryl methyl sites for hydroxylation is 3. The molecule has 1 amide bonds. The number of amides is 1. The Morgan fingerprint density at radius 1 is 1.00 bits per heavy atom. The number of nitrogens with one attached hydrogen (secondary N) is 2. The van der Waals surface area contributed by atoms with Crippen LogP contribution in [-0.2, 0) is 4.79 Å². The summed E-state index contributed by atoms with van der Waals surface area (Å²) < 4.78 is 0. The Labute approximate surface area is 119 Å². The van der Waals surface area contributed by atoms with Gasteiger partial charge in [-0.25, -0.2) is 0 Å². The van der Waals surface area contributed by atoms with E-state index >= 15 is 0 Å². The highest BCUT2D eigenvalue weighted by Crippen LogP contribution is 2.34. The van der Waals surface area contributed by atoms with Crippen LogP contribution in [0.3, 0.4) is 0 Å². The average Bonchev–Trinajstić information content (AvgIpc) is 2.69. The van der Waals surface area contributed by atoms with Crippen molar-refractivity contribution in [1.29, 1.82) is 0 Å². The summed E-state index contributed by atoms with van der Waals surface area (Å²) in [6.07, 6.45) is 0. The van der Waals surface area contributed by atoms with Crippen LogP contribution in [0.1, 0.15) is 28.3 Å². The van der Waals surface area contributed by atoms with Gasteiger partial charge in [-0.15, -0.1) is 0 Å². The minimum Gasteiger partial charge on any atom is -0.370 e. The molecule has 3 heteroatoms. The van der Waals surface area contributed by atoms with Gasteiger partial charge in [0.2, 0.25) is 0 Å². The molecular formula is C17H18N2O. The largest absolute Gasteiger partial charge is 0.370 e. The Bertz CT molecular complexity index is 691. The van der Waals surface area contributed by atoms with Gasteiger partial charge in [0.25, 0.3) is 5.91 Å². The summed E-state index contributed by atoms with van der Waals surface area (Å²) in [6.45, 7) is 6.16. The molecule has 2 aromatic carbocycles. The van der Waals surface area contributed by atoms with E-state index in [1.54, 1.807) is 0 Å². The molecule has 0 spiro atoms. The molecule has 1 atom stereocenters. The van der Waals surface area contributed by atoms with Crippen molar-refractivity contribution in [2.24, 2.45) is 0 Å². The van der Waals surface area contributed by atoms with Crippen molar-refractivity contribution >= 4 is 17.3 Å². The molecule has 0 radical (unpaired) electrons. The highest BCUT2D eigenvalue weighted by Gasteiger charge is 2.30. The van der Waals surface area contributed by atoms with Crippen molar-refractivity contribution in [2.45, 2.75) is 26.8 Å². The van der Waals surface area contributed by atoms with Crippen molar-refractivity contribution in [3.63, 3.8) is 0 Å². The summed E-state index contributed by atoms with van der Waals surface area (Å²) in [4.78, 5) is 12.2. The van der Waals surface area contributed by atoms with Gasteiger partial charge in [0.1, 0.15) is 6.04 Å². The van der Waals surface area contributed by atoms with E-state index in [-0.39, 0.29) is 11.9 Å². The third-order valence-electron chi connectivity index (χ3n) is 3.72. The molecule has 0 bridgehead atoms. The first kappa shape index (κ1) is 12.7. The molecule has 2 N–H and O–H groups in total. The van der Waals surface area contributed by atoms with Crippen LogP contribution < -0.4 is 10.6 Å². The van der Waals surface area contributed by atoms with E-state index in [0.29, 0.717) is 0 Å². The van der Waals surface area contributed by atoms with E-state index < -0.39 is 0 Å². The lowest BCUT2D eigenvalue weighted by Crippen LogP contribution is -2.20. The molecule has 102 valence electrons. The minimum atomic E-state index is -0.314. The van der Waals surface area contributed by atoms with Crippen LogP contribution in [0.15, 0.2) is 36.4 Å². The molecule has 0 saturated heterocycles. The zero-order valence-electron chi connectivity index (χ0n) is 11.9. The van der Waals surface area contributed by atoms with Crippen LogP contribution in [-0.4, -0.2) is 5.91 Å². The Hall–Kier alpha value is -2.29. The number of hydrogen-bond donors (Lipinski definition) is 2. The number of fused-ring (bicyclic) bond motifs is 1. The van der Waals surface area contributed by atoms with E-state index in [2.05, 4.69) is 42.7 Å². The van der Waals surface area contributed by atoms with Crippen LogP contribution in [0, 0.1) is 20.8 Å². The maximum atomic E-state index is 12.2. The van der Waals surface area contributed by atoms with Gasteiger partial charge in [0.15, 0.2) is 0 Å². The van der Waals surface area contributed by atoms with Crippen molar-refractivity contribution in [3.8, 4) is 0 Å². The second kappa shape index (κ2) is 4.67. The normalized spacial score (nSPS) is 16.8. The van der Waals surface area contributed by atoms with Gasteiger partial charge in [-0.05, 0) is 38.5 Å². The Morgan fingerprint density at radius 3 is 2.45 bits per heavy atom. The lowest BCUT2D eigenvalue weighted by molar-refractivity contribution is -0.116. The van der Waals surface area contributed by atoms with Gasteiger partial charge in [0.05, 0.1) is 0 Å². The summed E-state index contributed by atoms with van der Waals surface area (Å²) in [5.41, 5.74) is 6.47. The zero-order chi connectivity index (χ0) is 14.3. The highest BCUT2D eigenvalue weighted by atomic mass is 16.2. The van der Waals surface area contributed by atoms with Crippen molar-refractivity contribution in [2.75, 3.05) is 10.6 Å². The summed E-state index contributed by atoms with van der Waals surface area (Å²) >= 11 is 0.